The Labute approximate surface area is 275 Å². The van der Waals surface area contributed by atoms with Gasteiger partial charge in [-0.1, -0.05) is 37.7 Å². The van der Waals surface area contributed by atoms with Crippen LogP contribution in [-0.2, 0) is 54.1 Å². The Bertz CT molecular complexity index is 1230. The third-order valence-electron chi connectivity index (χ3n) is 7.29. The minimum atomic E-state index is -1.68. The maximum Gasteiger partial charge on any atom is 0.339 e. The number of carbonyl (C=O) groups excluding carboxylic acids is 2. The Balaban J connectivity index is 1.61. The number of benzene rings is 1. The Morgan fingerprint density at radius 2 is 1.43 bits per heavy atom. The molecule has 15 nitrogen and oxygen atoms in total. The van der Waals surface area contributed by atoms with Crippen LogP contribution in [0.1, 0.15) is 5.56 Å². The topological polar surface area (TPSA) is 192 Å². The minimum absolute atomic E-state index is 0.0945. The first-order valence-corrected chi connectivity index (χ1v) is 18.6. The molecule has 2 unspecified atom stereocenters. The highest BCUT2D eigenvalue weighted by Gasteiger charge is 2.51. The van der Waals surface area contributed by atoms with Gasteiger partial charge < -0.3 is 63.2 Å². The van der Waals surface area contributed by atoms with Crippen LogP contribution in [0.2, 0.25) is 19.6 Å². The summed E-state index contributed by atoms with van der Waals surface area (Å²) in [5, 5.41) is 42.4. The molecule has 0 aliphatic carbocycles. The number of nitrogens with zero attached hydrogens (tertiary/aromatic N) is 1. The summed E-state index contributed by atoms with van der Waals surface area (Å²) in [6, 6.07) is 7.34. The molecule has 0 bridgehead atoms. The molecule has 2 saturated heterocycles. The van der Waals surface area contributed by atoms with Crippen LogP contribution in [0.15, 0.2) is 24.3 Å². The summed E-state index contributed by atoms with van der Waals surface area (Å²) in [5.74, 6) is 1.07. The van der Waals surface area contributed by atoms with E-state index in [1.807, 2.05) is 56.8 Å². The molecule has 47 heavy (non-hydrogen) atoms. The van der Waals surface area contributed by atoms with E-state index < -0.39 is 81.4 Å². The zero-order valence-electron chi connectivity index (χ0n) is 27.7. The van der Waals surface area contributed by atoms with Crippen LogP contribution in [0.3, 0.4) is 0 Å². The van der Waals surface area contributed by atoms with Crippen LogP contribution in [0.4, 0.5) is 5.69 Å². The number of rotatable bonds is 13. The highest BCUT2D eigenvalue weighted by atomic mass is 28.3. The van der Waals surface area contributed by atoms with Gasteiger partial charge in [0.25, 0.3) is 0 Å². The predicted octanol–water partition coefficient (Wildman–Crippen LogP) is -0.824. The number of anilines is 1. The number of hydrogen-bond acceptors (Lipinski definition) is 15. The second-order valence-corrected chi connectivity index (χ2v) is 17.0. The van der Waals surface area contributed by atoms with Crippen LogP contribution >= 0.6 is 0 Å². The van der Waals surface area contributed by atoms with E-state index in [1.54, 1.807) is 6.07 Å². The Hall–Kier alpha value is -2.66. The monoisotopic (exact) mass is 685 g/mol. The zero-order valence-corrected chi connectivity index (χ0v) is 28.7. The molecule has 0 amide bonds. The summed E-state index contributed by atoms with van der Waals surface area (Å²) in [6.07, 6.45) is -14.8. The van der Waals surface area contributed by atoms with E-state index in [4.69, 9.17) is 37.9 Å². The molecular formula is C31H47NO14Si. The molecular weight excluding hydrogens is 638 g/mol. The molecule has 0 saturated carbocycles. The van der Waals surface area contributed by atoms with Gasteiger partial charge in [0, 0.05) is 34.0 Å². The number of carbonyl (C=O) groups is 2. The smallest absolute Gasteiger partial charge is 0.339 e. The maximum atomic E-state index is 13.1. The van der Waals surface area contributed by atoms with Crippen molar-refractivity contribution in [3.05, 3.63) is 29.8 Å². The van der Waals surface area contributed by atoms with Crippen LogP contribution in [0, 0.1) is 11.5 Å². The van der Waals surface area contributed by atoms with Crippen molar-refractivity contribution in [3.8, 4) is 11.5 Å². The van der Waals surface area contributed by atoms with E-state index in [2.05, 4.69) is 11.5 Å². The van der Waals surface area contributed by atoms with Crippen molar-refractivity contribution >= 4 is 25.7 Å². The molecule has 0 spiro atoms. The third-order valence-corrected chi connectivity index (χ3v) is 8.22. The molecule has 2 aliphatic rings. The molecule has 4 N–H and O–H groups in total. The average Bonchev–Trinajstić information content (AvgIpc) is 3.03. The molecule has 0 radical (unpaired) electrons. The van der Waals surface area contributed by atoms with Gasteiger partial charge in [-0.25, -0.2) is 9.59 Å². The Morgan fingerprint density at radius 3 is 2.06 bits per heavy atom. The fraction of sp³-hybridized carbons (Fsp3) is 0.677. The minimum Gasteiger partial charge on any atom is -0.459 e. The summed E-state index contributed by atoms with van der Waals surface area (Å²) in [6.45, 7) is 5.22. The van der Waals surface area contributed by atoms with Gasteiger partial charge in [0.05, 0.1) is 13.2 Å². The van der Waals surface area contributed by atoms with Gasteiger partial charge in [-0.3, -0.25) is 0 Å². The number of methoxy groups -OCH3 is 2. The lowest BCUT2D eigenvalue weighted by molar-refractivity contribution is -0.308. The van der Waals surface area contributed by atoms with Crippen molar-refractivity contribution in [2.75, 3.05) is 53.0 Å². The first-order valence-electron chi connectivity index (χ1n) is 15.1. The number of aliphatic hydroxyl groups is 4. The average molecular weight is 686 g/mol. The summed E-state index contributed by atoms with van der Waals surface area (Å²) >= 11 is 0. The molecule has 0 aromatic heterocycles. The van der Waals surface area contributed by atoms with E-state index >= 15 is 0 Å². The Morgan fingerprint density at radius 1 is 0.830 bits per heavy atom. The van der Waals surface area contributed by atoms with Gasteiger partial charge in [0.2, 0.25) is 0 Å². The van der Waals surface area contributed by atoms with Crippen molar-refractivity contribution < 1.29 is 67.9 Å². The van der Waals surface area contributed by atoms with E-state index in [9.17, 15) is 30.0 Å². The van der Waals surface area contributed by atoms with Crippen LogP contribution in [0.5, 0.6) is 0 Å². The fourth-order valence-electron chi connectivity index (χ4n) is 4.83. The molecule has 16 heteroatoms. The molecule has 2 fully saturated rings. The first-order chi connectivity index (χ1) is 22.2. The fourth-order valence-corrected chi connectivity index (χ4v) is 5.44. The van der Waals surface area contributed by atoms with E-state index in [0.29, 0.717) is 5.56 Å². The lowest BCUT2D eigenvalue weighted by Crippen LogP contribution is -2.62. The predicted molar refractivity (Wildman–Crippen MR) is 167 cm³/mol. The van der Waals surface area contributed by atoms with Crippen molar-refractivity contribution in [1.29, 1.82) is 0 Å². The summed E-state index contributed by atoms with van der Waals surface area (Å²) in [5.41, 5.74) is 4.68. The van der Waals surface area contributed by atoms with Crippen molar-refractivity contribution in [2.24, 2.45) is 0 Å². The highest BCUT2D eigenvalue weighted by Crippen LogP contribution is 2.27. The zero-order chi connectivity index (χ0) is 34.9. The lowest BCUT2D eigenvalue weighted by atomic mass is 9.98. The van der Waals surface area contributed by atoms with Crippen LogP contribution in [0.25, 0.3) is 0 Å². The number of aliphatic hydroxyl groups excluding tert-OH is 4. The second kappa shape index (κ2) is 17.7. The third kappa shape index (κ3) is 10.7. The molecule has 3 rings (SSSR count). The quantitative estimate of drug-likeness (QED) is 0.0871. The van der Waals surface area contributed by atoms with E-state index in [-0.39, 0.29) is 26.4 Å². The summed E-state index contributed by atoms with van der Waals surface area (Å²) < 4.78 is 43.4. The van der Waals surface area contributed by atoms with Crippen LogP contribution < -0.4 is 4.90 Å². The standard InChI is InChI=1S/C31H47NO14Si/c1-32(2)19-11-8-10-18(16-19)17-44-29(38)27-25(21(34)22(35)30(40-4)45-27)41-13-14-43-31-23(36)20(33)24(39-3)26(46-31)28(37)42-12-9-15-47(5,6)7/h8,10-11,16,20-27,30-31,33-36H,12-14,17H2,1-7H3/t20-,21-,22+,23+,24+,25+,26?,27?,30-,31-/m1/s1. The molecule has 1 aromatic carbocycles. The molecule has 10 atom stereocenters. The van der Waals surface area contributed by atoms with Gasteiger partial charge >= 0.3 is 11.9 Å². The van der Waals surface area contributed by atoms with Gasteiger partial charge in [-0.05, 0) is 17.7 Å². The maximum absolute atomic E-state index is 13.1. The van der Waals surface area contributed by atoms with Gasteiger partial charge in [0.15, 0.2) is 31.4 Å². The molecule has 2 aliphatic heterocycles. The van der Waals surface area contributed by atoms with Crippen molar-refractivity contribution in [3.63, 3.8) is 0 Å². The first kappa shape index (κ1) is 38.8. The lowest BCUT2D eigenvalue weighted by Gasteiger charge is -2.41. The second-order valence-electron chi connectivity index (χ2n) is 12.3. The normalized spacial score (nSPS) is 31.0. The summed E-state index contributed by atoms with van der Waals surface area (Å²) in [4.78, 5) is 27.8. The van der Waals surface area contributed by atoms with Crippen molar-refractivity contribution in [2.45, 2.75) is 87.7 Å². The number of esters is 2. The molecule has 264 valence electrons. The number of hydrogen-bond donors (Lipinski definition) is 4. The van der Waals surface area contributed by atoms with Crippen LogP contribution in [-0.4, -0.2) is 150 Å². The van der Waals surface area contributed by atoms with Gasteiger partial charge in [-0.15, -0.1) is 5.54 Å². The highest BCUT2D eigenvalue weighted by molar-refractivity contribution is 6.83. The Kier molecular flexibility index (Phi) is 14.6. The van der Waals surface area contributed by atoms with E-state index in [1.165, 1.54) is 14.2 Å². The number of ether oxygens (including phenoxy) is 8. The largest absolute Gasteiger partial charge is 0.459 e. The van der Waals surface area contributed by atoms with E-state index in [0.717, 1.165) is 5.69 Å². The molecule has 1 aromatic rings. The molecule has 2 heterocycles. The SMILES string of the molecule is CO[C@@H]1OC(C(=O)OCc2cccc(N(C)C)c2)[C@@H](OCCO[C@@H]2OC(C(=O)OCC#C[Si](C)(C)C)[C@@H](OC)[C@H](O)[C@@H]2O)[C@H](O)[C@@H]1O. The van der Waals surface area contributed by atoms with Gasteiger partial charge in [-0.2, -0.15) is 0 Å². The van der Waals surface area contributed by atoms with Gasteiger partial charge in [0.1, 0.15) is 51.3 Å². The van der Waals surface area contributed by atoms with Crippen molar-refractivity contribution in [1.82, 2.24) is 0 Å². The summed E-state index contributed by atoms with van der Waals surface area (Å²) in [7, 11) is 4.56.